The van der Waals surface area contributed by atoms with Crippen LogP contribution in [0.1, 0.15) is 15.9 Å². The largest absolute Gasteiger partial charge is 0.481 e. The van der Waals surface area contributed by atoms with E-state index < -0.39 is 5.97 Å². The molecule has 0 bridgehead atoms. The third kappa shape index (κ3) is 2.32. The summed E-state index contributed by atoms with van der Waals surface area (Å²) in [6.07, 6.45) is 1.64. The van der Waals surface area contributed by atoms with Crippen LogP contribution in [0.25, 0.3) is 11.1 Å². The lowest BCUT2D eigenvalue weighted by Gasteiger charge is -2.08. The van der Waals surface area contributed by atoms with Gasteiger partial charge in [-0.15, -0.1) is 0 Å². The maximum absolute atomic E-state index is 11.0. The molecule has 1 aromatic heterocycles. The molecule has 4 heteroatoms. The van der Waals surface area contributed by atoms with Crippen molar-refractivity contribution >= 4 is 5.97 Å². The predicted molar refractivity (Wildman–Crippen MR) is 67.9 cm³/mol. The first-order valence-electron chi connectivity index (χ1n) is 5.46. The number of hydrogen-bond donors (Lipinski definition) is 1. The first-order chi connectivity index (χ1) is 8.61. The maximum atomic E-state index is 11.0. The summed E-state index contributed by atoms with van der Waals surface area (Å²) in [5.41, 5.74) is 3.04. The smallest absolute Gasteiger partial charge is 0.335 e. The standard InChI is InChI=1S/C14H13NO3/c1-9-3-4-11(14(16)17)7-12(9)10-5-6-15-13(8-10)18-2/h3-8H,1-2H3,(H,16,17). The monoisotopic (exact) mass is 243 g/mol. The van der Waals surface area contributed by atoms with Crippen molar-refractivity contribution in [2.75, 3.05) is 7.11 Å². The van der Waals surface area contributed by atoms with E-state index in [1.807, 2.05) is 13.0 Å². The Labute approximate surface area is 105 Å². The number of carbonyl (C=O) groups is 1. The molecule has 1 aromatic carbocycles. The van der Waals surface area contributed by atoms with Crippen molar-refractivity contribution in [3.63, 3.8) is 0 Å². The van der Waals surface area contributed by atoms with Gasteiger partial charge in [0, 0.05) is 12.3 Å². The van der Waals surface area contributed by atoms with Gasteiger partial charge < -0.3 is 9.84 Å². The minimum atomic E-state index is -0.933. The van der Waals surface area contributed by atoms with Gasteiger partial charge in [0.15, 0.2) is 0 Å². The lowest BCUT2D eigenvalue weighted by molar-refractivity contribution is 0.0697. The zero-order valence-corrected chi connectivity index (χ0v) is 10.2. The van der Waals surface area contributed by atoms with Crippen LogP contribution in [-0.4, -0.2) is 23.2 Å². The van der Waals surface area contributed by atoms with Crippen LogP contribution in [0.2, 0.25) is 0 Å². The van der Waals surface area contributed by atoms with Crippen molar-refractivity contribution in [3.05, 3.63) is 47.7 Å². The molecule has 1 N–H and O–H groups in total. The summed E-state index contributed by atoms with van der Waals surface area (Å²) in [5, 5.41) is 9.01. The second-order valence-electron chi connectivity index (χ2n) is 3.92. The molecule has 4 nitrogen and oxygen atoms in total. The lowest BCUT2D eigenvalue weighted by atomic mass is 9.99. The summed E-state index contributed by atoms with van der Waals surface area (Å²) in [7, 11) is 1.55. The number of nitrogens with zero attached hydrogens (tertiary/aromatic N) is 1. The highest BCUT2D eigenvalue weighted by atomic mass is 16.5. The van der Waals surface area contributed by atoms with Gasteiger partial charge in [0.1, 0.15) is 0 Å². The molecule has 0 radical (unpaired) electrons. The molecule has 0 aliphatic heterocycles. The Morgan fingerprint density at radius 1 is 1.28 bits per heavy atom. The Bertz CT molecular complexity index is 593. The van der Waals surface area contributed by atoms with Crippen molar-refractivity contribution in [3.8, 4) is 17.0 Å². The first kappa shape index (κ1) is 12.1. The molecule has 0 saturated carbocycles. The van der Waals surface area contributed by atoms with Crippen LogP contribution in [0.3, 0.4) is 0 Å². The van der Waals surface area contributed by atoms with Gasteiger partial charge in [0.25, 0.3) is 0 Å². The maximum Gasteiger partial charge on any atom is 0.335 e. The SMILES string of the molecule is COc1cc(-c2cc(C(=O)O)ccc2C)ccn1. The number of aryl methyl sites for hydroxylation is 1. The van der Waals surface area contributed by atoms with Crippen molar-refractivity contribution in [1.29, 1.82) is 0 Å². The number of carboxylic acids is 1. The summed E-state index contributed by atoms with van der Waals surface area (Å²) in [6.45, 7) is 1.94. The molecule has 0 amide bonds. The minimum Gasteiger partial charge on any atom is -0.481 e. The number of aromatic nitrogens is 1. The van der Waals surface area contributed by atoms with Crippen LogP contribution in [0.15, 0.2) is 36.5 Å². The summed E-state index contributed by atoms with van der Waals surface area (Å²) in [5.74, 6) is -0.426. The van der Waals surface area contributed by atoms with Crippen LogP contribution in [0.4, 0.5) is 0 Å². The number of hydrogen-bond acceptors (Lipinski definition) is 3. The highest BCUT2D eigenvalue weighted by Gasteiger charge is 2.08. The van der Waals surface area contributed by atoms with E-state index in [-0.39, 0.29) is 5.56 Å². The number of methoxy groups -OCH3 is 1. The Hall–Kier alpha value is -2.36. The Balaban J connectivity index is 2.54. The van der Waals surface area contributed by atoms with Gasteiger partial charge in [-0.05, 0) is 41.8 Å². The van der Waals surface area contributed by atoms with Crippen LogP contribution < -0.4 is 4.74 Å². The van der Waals surface area contributed by atoms with E-state index >= 15 is 0 Å². The number of carboxylic acid groups (broad SMARTS) is 1. The van der Waals surface area contributed by atoms with E-state index in [1.165, 1.54) is 0 Å². The summed E-state index contributed by atoms with van der Waals surface area (Å²) in [4.78, 5) is 15.0. The Kier molecular flexibility index (Phi) is 3.28. The topological polar surface area (TPSA) is 59.4 Å². The summed E-state index contributed by atoms with van der Waals surface area (Å²) in [6, 6.07) is 8.67. The van der Waals surface area contributed by atoms with E-state index in [2.05, 4.69) is 4.98 Å². The predicted octanol–water partition coefficient (Wildman–Crippen LogP) is 2.76. The van der Waals surface area contributed by atoms with Gasteiger partial charge in [-0.3, -0.25) is 0 Å². The average Bonchev–Trinajstić information content (AvgIpc) is 2.39. The number of ether oxygens (including phenoxy) is 1. The zero-order valence-electron chi connectivity index (χ0n) is 10.2. The fraction of sp³-hybridized carbons (Fsp3) is 0.143. The molecule has 18 heavy (non-hydrogen) atoms. The molecule has 0 spiro atoms. The normalized spacial score (nSPS) is 10.1. The van der Waals surface area contributed by atoms with Crippen LogP contribution in [0.5, 0.6) is 5.88 Å². The second-order valence-corrected chi connectivity index (χ2v) is 3.92. The minimum absolute atomic E-state index is 0.270. The van der Waals surface area contributed by atoms with E-state index in [0.717, 1.165) is 16.7 Å². The second kappa shape index (κ2) is 4.87. The zero-order chi connectivity index (χ0) is 13.1. The quantitative estimate of drug-likeness (QED) is 0.900. The van der Waals surface area contributed by atoms with Crippen molar-refractivity contribution in [1.82, 2.24) is 4.98 Å². The molecule has 1 heterocycles. The molecule has 92 valence electrons. The van der Waals surface area contributed by atoms with Crippen molar-refractivity contribution in [2.24, 2.45) is 0 Å². The molecular weight excluding hydrogens is 230 g/mol. The highest BCUT2D eigenvalue weighted by Crippen LogP contribution is 2.26. The van der Waals surface area contributed by atoms with E-state index in [9.17, 15) is 4.79 Å². The van der Waals surface area contributed by atoms with Crippen LogP contribution in [0, 0.1) is 6.92 Å². The molecule has 2 aromatic rings. The lowest BCUT2D eigenvalue weighted by Crippen LogP contribution is -1.97. The fourth-order valence-corrected chi connectivity index (χ4v) is 1.75. The van der Waals surface area contributed by atoms with Crippen LogP contribution >= 0.6 is 0 Å². The molecule has 0 saturated heterocycles. The van der Waals surface area contributed by atoms with Gasteiger partial charge in [-0.25, -0.2) is 9.78 Å². The van der Waals surface area contributed by atoms with E-state index in [0.29, 0.717) is 5.88 Å². The Morgan fingerprint density at radius 2 is 2.06 bits per heavy atom. The first-order valence-corrected chi connectivity index (χ1v) is 5.46. The molecule has 2 rings (SSSR count). The van der Waals surface area contributed by atoms with Gasteiger partial charge in [0.2, 0.25) is 5.88 Å². The van der Waals surface area contributed by atoms with Gasteiger partial charge in [-0.2, -0.15) is 0 Å². The number of rotatable bonds is 3. The number of benzene rings is 1. The molecular formula is C14H13NO3. The summed E-state index contributed by atoms with van der Waals surface area (Å²) < 4.78 is 5.07. The molecule has 0 unspecified atom stereocenters. The third-order valence-electron chi connectivity index (χ3n) is 2.74. The van der Waals surface area contributed by atoms with Crippen molar-refractivity contribution < 1.29 is 14.6 Å². The third-order valence-corrected chi connectivity index (χ3v) is 2.74. The van der Waals surface area contributed by atoms with Gasteiger partial charge >= 0.3 is 5.97 Å². The van der Waals surface area contributed by atoms with Gasteiger partial charge in [-0.1, -0.05) is 6.07 Å². The summed E-state index contributed by atoms with van der Waals surface area (Å²) >= 11 is 0. The van der Waals surface area contributed by atoms with Crippen LogP contribution in [-0.2, 0) is 0 Å². The highest BCUT2D eigenvalue weighted by molar-refractivity contribution is 5.90. The van der Waals surface area contributed by atoms with Crippen molar-refractivity contribution in [2.45, 2.75) is 6.92 Å². The molecule has 0 fully saturated rings. The Morgan fingerprint density at radius 3 is 2.72 bits per heavy atom. The number of pyridine rings is 1. The molecule has 0 atom stereocenters. The van der Waals surface area contributed by atoms with E-state index in [1.54, 1.807) is 37.6 Å². The van der Waals surface area contributed by atoms with E-state index in [4.69, 9.17) is 9.84 Å². The number of aromatic carboxylic acids is 1. The average molecular weight is 243 g/mol. The molecule has 0 aliphatic rings. The van der Waals surface area contributed by atoms with Gasteiger partial charge in [0.05, 0.1) is 12.7 Å². The fourth-order valence-electron chi connectivity index (χ4n) is 1.75. The molecule has 0 aliphatic carbocycles.